The van der Waals surface area contributed by atoms with Crippen LogP contribution in [0.3, 0.4) is 0 Å². The van der Waals surface area contributed by atoms with E-state index in [0.717, 1.165) is 32.8 Å². The van der Waals surface area contributed by atoms with Crippen molar-refractivity contribution in [3.63, 3.8) is 0 Å². The van der Waals surface area contributed by atoms with E-state index in [1.54, 1.807) is 22.7 Å². The van der Waals surface area contributed by atoms with Crippen LogP contribution in [0.4, 0.5) is 5.82 Å². The molecule has 0 aliphatic rings. The largest absolute Gasteiger partial charge is 0.364 e. The van der Waals surface area contributed by atoms with E-state index in [1.807, 2.05) is 6.07 Å². The number of nitrogens with one attached hydrogen (secondary N) is 1. The summed E-state index contributed by atoms with van der Waals surface area (Å²) >= 11 is 12.8. The Labute approximate surface area is 138 Å². The summed E-state index contributed by atoms with van der Waals surface area (Å²) < 4.78 is 1.13. The SMILES string of the molecule is CCc1cc2c(NCc3ccc(Br)s3)nc(Cl)nc2s1. The van der Waals surface area contributed by atoms with Crippen LogP contribution in [-0.4, -0.2) is 9.97 Å². The van der Waals surface area contributed by atoms with E-state index in [2.05, 4.69) is 50.3 Å². The van der Waals surface area contributed by atoms with Crippen molar-refractivity contribution in [3.8, 4) is 0 Å². The van der Waals surface area contributed by atoms with E-state index in [9.17, 15) is 0 Å². The number of rotatable bonds is 4. The van der Waals surface area contributed by atoms with Crippen molar-refractivity contribution in [2.24, 2.45) is 0 Å². The van der Waals surface area contributed by atoms with Gasteiger partial charge in [0.25, 0.3) is 0 Å². The van der Waals surface area contributed by atoms with Gasteiger partial charge in [-0.05, 0) is 52.2 Å². The highest BCUT2D eigenvalue weighted by atomic mass is 79.9. The van der Waals surface area contributed by atoms with Crippen molar-refractivity contribution in [1.29, 1.82) is 0 Å². The van der Waals surface area contributed by atoms with Gasteiger partial charge < -0.3 is 5.32 Å². The Kier molecular flexibility index (Phi) is 4.26. The molecule has 0 aliphatic carbocycles. The Hall–Kier alpha value is -0.690. The summed E-state index contributed by atoms with van der Waals surface area (Å²) in [4.78, 5) is 12.1. The number of hydrogen-bond donors (Lipinski definition) is 1. The average molecular weight is 389 g/mol. The van der Waals surface area contributed by atoms with Gasteiger partial charge in [0, 0.05) is 9.75 Å². The molecule has 3 aromatic heterocycles. The number of aromatic nitrogens is 2. The number of anilines is 1. The Morgan fingerprint density at radius 1 is 1.25 bits per heavy atom. The van der Waals surface area contributed by atoms with E-state index < -0.39 is 0 Å². The fourth-order valence-corrected chi connectivity index (χ4v) is 4.48. The van der Waals surface area contributed by atoms with Gasteiger partial charge in [-0.2, -0.15) is 0 Å². The van der Waals surface area contributed by atoms with Crippen molar-refractivity contribution in [1.82, 2.24) is 9.97 Å². The highest BCUT2D eigenvalue weighted by molar-refractivity contribution is 9.11. The topological polar surface area (TPSA) is 37.8 Å². The summed E-state index contributed by atoms with van der Waals surface area (Å²) in [5.41, 5.74) is 0. The number of thiophene rings is 2. The second kappa shape index (κ2) is 5.97. The number of hydrogen-bond acceptors (Lipinski definition) is 5. The third-order valence-corrected chi connectivity index (χ3v) is 5.79. The molecule has 104 valence electrons. The molecule has 3 nitrogen and oxygen atoms in total. The lowest BCUT2D eigenvalue weighted by Gasteiger charge is -2.05. The first kappa shape index (κ1) is 14.3. The molecule has 0 unspecified atom stereocenters. The zero-order valence-electron chi connectivity index (χ0n) is 10.6. The van der Waals surface area contributed by atoms with Crippen molar-refractivity contribution in [3.05, 3.63) is 37.0 Å². The Morgan fingerprint density at radius 3 is 2.80 bits per heavy atom. The molecule has 0 saturated heterocycles. The summed E-state index contributed by atoms with van der Waals surface area (Å²) in [7, 11) is 0. The molecule has 7 heteroatoms. The number of halogens is 2. The van der Waals surface area contributed by atoms with Crippen LogP contribution < -0.4 is 5.32 Å². The molecule has 0 radical (unpaired) electrons. The summed E-state index contributed by atoms with van der Waals surface area (Å²) in [6.45, 7) is 2.87. The molecule has 0 saturated carbocycles. The third-order valence-electron chi connectivity index (χ3n) is 2.82. The number of nitrogens with zero attached hydrogens (tertiary/aromatic N) is 2. The van der Waals surface area contributed by atoms with Crippen molar-refractivity contribution in [2.45, 2.75) is 19.9 Å². The number of fused-ring (bicyclic) bond motifs is 1. The van der Waals surface area contributed by atoms with Gasteiger partial charge in [-0.25, -0.2) is 9.97 Å². The molecule has 0 amide bonds. The van der Waals surface area contributed by atoms with Gasteiger partial charge in [0.2, 0.25) is 5.28 Å². The zero-order valence-corrected chi connectivity index (χ0v) is 14.6. The highest BCUT2D eigenvalue weighted by Gasteiger charge is 2.10. The Balaban J connectivity index is 1.91. The molecular formula is C13H11BrClN3S2. The second-order valence-corrected chi connectivity index (χ2v) is 8.19. The lowest BCUT2D eigenvalue weighted by molar-refractivity contribution is 1.13. The van der Waals surface area contributed by atoms with E-state index in [4.69, 9.17) is 11.6 Å². The van der Waals surface area contributed by atoms with Crippen molar-refractivity contribution < 1.29 is 0 Å². The molecule has 0 bridgehead atoms. The van der Waals surface area contributed by atoms with Crippen molar-refractivity contribution >= 4 is 66.2 Å². The van der Waals surface area contributed by atoms with Crippen LogP contribution in [0.25, 0.3) is 10.2 Å². The summed E-state index contributed by atoms with van der Waals surface area (Å²) in [5, 5.41) is 4.69. The minimum absolute atomic E-state index is 0.289. The first-order valence-corrected chi connectivity index (χ1v) is 8.90. The normalized spacial score (nSPS) is 11.2. The molecule has 0 fully saturated rings. The number of aryl methyl sites for hydroxylation is 1. The zero-order chi connectivity index (χ0) is 14.1. The summed E-state index contributed by atoms with van der Waals surface area (Å²) in [6, 6.07) is 6.28. The minimum Gasteiger partial charge on any atom is -0.364 e. The molecule has 0 atom stereocenters. The van der Waals surface area contributed by atoms with Gasteiger partial charge in [-0.3, -0.25) is 0 Å². The summed E-state index contributed by atoms with van der Waals surface area (Å²) in [5.74, 6) is 0.806. The molecule has 1 N–H and O–H groups in total. The van der Waals surface area contributed by atoms with Crippen molar-refractivity contribution in [2.75, 3.05) is 5.32 Å². The van der Waals surface area contributed by atoms with Gasteiger partial charge >= 0.3 is 0 Å². The predicted octanol–water partition coefficient (Wildman–Crippen LogP) is 5.34. The van der Waals surface area contributed by atoms with Crippen LogP contribution in [-0.2, 0) is 13.0 Å². The van der Waals surface area contributed by atoms with E-state index in [-0.39, 0.29) is 5.28 Å². The molecule has 3 heterocycles. The van der Waals surface area contributed by atoms with Crippen LogP contribution in [0, 0.1) is 0 Å². The van der Waals surface area contributed by atoms with Gasteiger partial charge in [0.1, 0.15) is 10.6 Å². The molecular weight excluding hydrogens is 378 g/mol. The second-order valence-electron chi connectivity index (χ2n) is 4.19. The Morgan fingerprint density at radius 2 is 2.10 bits per heavy atom. The minimum atomic E-state index is 0.289. The summed E-state index contributed by atoms with van der Waals surface area (Å²) in [6.07, 6.45) is 0.996. The van der Waals surface area contributed by atoms with Crippen LogP contribution in [0.1, 0.15) is 16.7 Å². The fourth-order valence-electron chi connectivity index (χ4n) is 1.87. The third kappa shape index (κ3) is 2.98. The van der Waals surface area contributed by atoms with E-state index >= 15 is 0 Å². The molecule has 20 heavy (non-hydrogen) atoms. The first-order chi connectivity index (χ1) is 9.65. The maximum Gasteiger partial charge on any atom is 0.225 e. The molecule has 3 aromatic rings. The smallest absolute Gasteiger partial charge is 0.225 e. The van der Waals surface area contributed by atoms with Crippen LogP contribution in [0.5, 0.6) is 0 Å². The van der Waals surface area contributed by atoms with Gasteiger partial charge in [-0.1, -0.05) is 6.92 Å². The van der Waals surface area contributed by atoms with Crippen LogP contribution in [0.15, 0.2) is 22.0 Å². The lowest BCUT2D eigenvalue weighted by atomic mass is 10.3. The quantitative estimate of drug-likeness (QED) is 0.613. The molecule has 3 rings (SSSR count). The van der Waals surface area contributed by atoms with E-state index in [0.29, 0.717) is 0 Å². The fraction of sp³-hybridized carbons (Fsp3) is 0.231. The maximum absolute atomic E-state index is 6.00. The predicted molar refractivity (Wildman–Crippen MR) is 91.1 cm³/mol. The van der Waals surface area contributed by atoms with Gasteiger partial charge in [0.05, 0.1) is 15.7 Å². The maximum atomic E-state index is 6.00. The van der Waals surface area contributed by atoms with E-state index in [1.165, 1.54) is 9.75 Å². The monoisotopic (exact) mass is 387 g/mol. The van der Waals surface area contributed by atoms with Gasteiger partial charge in [0.15, 0.2) is 0 Å². The first-order valence-electron chi connectivity index (χ1n) is 6.09. The molecule has 0 aliphatic heterocycles. The molecule has 0 spiro atoms. The average Bonchev–Trinajstić information content (AvgIpc) is 3.01. The molecule has 0 aromatic carbocycles. The Bertz CT molecular complexity index is 753. The van der Waals surface area contributed by atoms with Gasteiger partial charge in [-0.15, -0.1) is 22.7 Å². The highest BCUT2D eigenvalue weighted by Crippen LogP contribution is 2.31. The van der Waals surface area contributed by atoms with Crippen LogP contribution in [0.2, 0.25) is 5.28 Å². The lowest BCUT2D eigenvalue weighted by Crippen LogP contribution is -2.01. The standard InChI is InChI=1S/C13H11BrClN3S2/c1-2-7-5-9-11(17-13(15)18-12(9)20-7)16-6-8-3-4-10(14)19-8/h3-5H,2,6H2,1H3,(H,16,17,18). The van der Waals surface area contributed by atoms with Crippen LogP contribution >= 0.6 is 50.2 Å².